The van der Waals surface area contributed by atoms with Crippen molar-refractivity contribution in [3.8, 4) is 0 Å². The monoisotopic (exact) mass is 790 g/mol. The van der Waals surface area contributed by atoms with Crippen LogP contribution in [0.4, 0.5) is 62.9 Å². The summed E-state index contributed by atoms with van der Waals surface area (Å²) in [5.41, 5.74) is -3.51. The molecule has 0 saturated carbocycles. The second-order valence-electron chi connectivity index (χ2n) is 9.83. The van der Waals surface area contributed by atoms with Gasteiger partial charge in [-0.2, -0.15) is 61.4 Å². The van der Waals surface area contributed by atoms with Crippen LogP contribution in [0.15, 0.2) is 56.1 Å². The zero-order valence-electron chi connectivity index (χ0n) is 25.0. The van der Waals surface area contributed by atoms with E-state index in [1.165, 1.54) is 19.2 Å². The van der Waals surface area contributed by atoms with Gasteiger partial charge in [0.05, 0.1) is 15.0 Å². The Bertz CT molecular complexity index is 1870. The third-order valence-electron chi connectivity index (χ3n) is 6.31. The van der Waals surface area contributed by atoms with Gasteiger partial charge < -0.3 is 0 Å². The van der Waals surface area contributed by atoms with Gasteiger partial charge in [0.1, 0.15) is 11.4 Å². The van der Waals surface area contributed by atoms with Crippen molar-refractivity contribution in [2.45, 2.75) is 49.1 Å². The van der Waals surface area contributed by atoms with E-state index in [-0.39, 0.29) is 21.1 Å². The summed E-state index contributed by atoms with van der Waals surface area (Å²) in [6, 6.07) is 4.02. The number of thiazole rings is 2. The summed E-state index contributed by atoms with van der Waals surface area (Å²) < 4.78 is 171. The molecule has 4 rings (SSSR count). The second kappa shape index (κ2) is 15.0. The van der Waals surface area contributed by atoms with E-state index < -0.39 is 73.2 Å². The van der Waals surface area contributed by atoms with Gasteiger partial charge in [-0.3, -0.25) is 9.97 Å². The van der Waals surface area contributed by atoms with Crippen LogP contribution in [-0.2, 0) is 45.1 Å². The first kappa shape index (κ1) is 40.3. The van der Waals surface area contributed by atoms with Gasteiger partial charge in [-0.05, 0) is 43.4 Å². The van der Waals surface area contributed by atoms with E-state index in [1.54, 1.807) is 13.2 Å². The minimum atomic E-state index is -4.64. The van der Waals surface area contributed by atoms with Crippen LogP contribution in [0.25, 0.3) is 0 Å². The molecule has 0 aromatic carbocycles. The molecule has 0 aliphatic rings. The van der Waals surface area contributed by atoms with Crippen LogP contribution in [0.3, 0.4) is 0 Å². The van der Waals surface area contributed by atoms with Gasteiger partial charge in [0.2, 0.25) is 10.3 Å². The lowest BCUT2D eigenvalue weighted by atomic mass is 10.2. The molecule has 0 N–H and O–H groups in total. The molecule has 0 radical (unpaired) electrons. The topological polar surface area (TPSA) is 93.3 Å². The predicted octanol–water partition coefficient (Wildman–Crippen LogP) is 10.5. The average Bonchev–Trinajstić information content (AvgIpc) is 3.66. The summed E-state index contributed by atoms with van der Waals surface area (Å²) in [7, 11) is -3.89. The summed E-state index contributed by atoms with van der Waals surface area (Å²) in [6.07, 6.45) is -13.4. The average molecular weight is 791 g/mol. The maximum atomic E-state index is 12.7. The molecule has 0 spiro atoms. The highest BCUT2D eigenvalue weighted by molar-refractivity contribution is 7.93. The van der Waals surface area contributed by atoms with Crippen LogP contribution in [0.2, 0.25) is 0 Å². The van der Waals surface area contributed by atoms with Crippen molar-refractivity contribution in [2.24, 2.45) is 8.73 Å². The lowest BCUT2D eigenvalue weighted by Gasteiger charge is -2.14. The first-order valence-corrected chi connectivity index (χ1v) is 18.4. The van der Waals surface area contributed by atoms with Gasteiger partial charge in [0.25, 0.3) is 0 Å². The molecule has 4 aromatic rings. The normalized spacial score (nSPS) is 15.9. The molecule has 0 aliphatic heterocycles. The smallest absolute Gasteiger partial charge is 0.251 e. The SMILES string of the molecule is CC(c1ccc(C(F)(F)F)nc1)S(C)(=O)=Nc1nc(C(F)(F)F)cs1.CC(c1ccc(C(F)(F)F)nc1)S(C)=Nc1nc(C(F)(F)F)cs1. The minimum absolute atomic E-state index is 0.0140. The largest absolute Gasteiger partial charge is 0.434 e. The Morgan fingerprint density at radius 3 is 1.47 bits per heavy atom. The first-order chi connectivity index (χ1) is 22.3. The fourth-order valence-electron chi connectivity index (χ4n) is 3.39. The number of halogens is 12. The van der Waals surface area contributed by atoms with Crippen molar-refractivity contribution < 1.29 is 56.9 Å². The molecular weight excluding hydrogens is 769 g/mol. The van der Waals surface area contributed by atoms with E-state index in [2.05, 4.69) is 28.7 Å². The number of pyridine rings is 2. The third-order valence-corrected chi connectivity index (χ3v) is 11.9. The van der Waals surface area contributed by atoms with Crippen molar-refractivity contribution >= 4 is 53.4 Å². The summed E-state index contributed by atoms with van der Waals surface area (Å²) in [5.74, 6) is 0. The highest BCUT2D eigenvalue weighted by Gasteiger charge is 2.36. The second-order valence-corrected chi connectivity index (χ2v) is 16.0. The number of nitrogens with zero attached hydrogens (tertiary/aromatic N) is 6. The summed E-state index contributed by atoms with van der Waals surface area (Å²) >= 11 is 1.35. The summed E-state index contributed by atoms with van der Waals surface area (Å²) in [4.78, 5) is 13.3. The van der Waals surface area contributed by atoms with E-state index >= 15 is 0 Å². The van der Waals surface area contributed by atoms with Crippen LogP contribution in [-0.4, -0.2) is 36.7 Å². The first-order valence-electron chi connectivity index (χ1n) is 13.0. The highest BCUT2D eigenvalue weighted by atomic mass is 32.2. The Hall–Kier alpha value is -3.18. The van der Waals surface area contributed by atoms with Crippen molar-refractivity contribution in [2.75, 3.05) is 12.5 Å². The van der Waals surface area contributed by atoms with Gasteiger partial charge in [-0.1, -0.05) is 22.8 Å². The fourth-order valence-corrected chi connectivity index (χ4v) is 7.77. The lowest BCUT2D eigenvalue weighted by Crippen LogP contribution is -2.11. The zero-order chi connectivity index (χ0) is 37.2. The third kappa shape index (κ3) is 11.2. The number of hydrogen-bond donors (Lipinski definition) is 0. The molecule has 270 valence electrons. The fraction of sp³-hybridized carbons (Fsp3) is 0.385. The molecule has 7 nitrogen and oxygen atoms in total. The Labute approximate surface area is 281 Å². The highest BCUT2D eigenvalue weighted by Crippen LogP contribution is 2.36. The van der Waals surface area contributed by atoms with E-state index in [1.807, 2.05) is 0 Å². The van der Waals surface area contributed by atoms with Crippen molar-refractivity contribution in [1.29, 1.82) is 0 Å². The molecule has 4 heterocycles. The van der Waals surface area contributed by atoms with E-state index in [0.717, 1.165) is 52.7 Å². The van der Waals surface area contributed by atoms with Gasteiger partial charge in [-0.15, -0.1) is 22.7 Å². The Morgan fingerprint density at radius 2 is 1.08 bits per heavy atom. The minimum Gasteiger partial charge on any atom is -0.251 e. The van der Waals surface area contributed by atoms with Gasteiger partial charge in [-0.25, -0.2) is 14.2 Å². The molecule has 0 bridgehead atoms. The summed E-state index contributed by atoms with van der Waals surface area (Å²) in [5, 5.41) is 0.129. The van der Waals surface area contributed by atoms with Crippen molar-refractivity contribution in [3.63, 3.8) is 0 Å². The number of hydrogen-bond acceptors (Lipinski definition) is 9. The maximum absolute atomic E-state index is 12.7. The maximum Gasteiger partial charge on any atom is 0.434 e. The molecule has 0 aliphatic carbocycles. The van der Waals surface area contributed by atoms with Gasteiger partial charge >= 0.3 is 24.7 Å². The Balaban J connectivity index is 0.000000266. The number of alkyl halides is 12. The Morgan fingerprint density at radius 1 is 0.673 bits per heavy atom. The molecule has 4 atom stereocenters. The lowest BCUT2D eigenvalue weighted by molar-refractivity contribution is -0.142. The predicted molar refractivity (Wildman–Crippen MR) is 161 cm³/mol. The molecule has 49 heavy (non-hydrogen) atoms. The van der Waals surface area contributed by atoms with E-state index in [4.69, 9.17) is 0 Å². The molecule has 23 heteroatoms. The van der Waals surface area contributed by atoms with Crippen LogP contribution >= 0.6 is 22.7 Å². The number of aromatic nitrogens is 4. The summed E-state index contributed by atoms with van der Waals surface area (Å²) in [6.45, 7) is 3.16. The van der Waals surface area contributed by atoms with Crippen LogP contribution in [0.5, 0.6) is 0 Å². The van der Waals surface area contributed by atoms with Crippen molar-refractivity contribution in [1.82, 2.24) is 19.9 Å². The standard InChI is InChI=1S/C13H11F6N3OS2.C13H11F6N3S2/c1-7(8-3-4-9(20-5-8)12(14,15)16)25(2,23)22-11-21-10(6-24-11)13(17,18)19;1-7(8-3-4-9(20-5-8)12(14,15)16)24(2)22-11-21-10(6-23-11)13(17,18)19/h3-7H,1-2H3;3-7H,1-2H3. The van der Waals surface area contributed by atoms with Crippen LogP contribution < -0.4 is 0 Å². The van der Waals surface area contributed by atoms with Gasteiger partial charge in [0.15, 0.2) is 11.4 Å². The molecule has 0 saturated heterocycles. The molecular formula is C26H22F12N6OS4. The van der Waals surface area contributed by atoms with Crippen LogP contribution in [0.1, 0.15) is 58.2 Å². The zero-order valence-corrected chi connectivity index (χ0v) is 28.3. The Kier molecular flexibility index (Phi) is 12.3. The molecule has 4 aromatic heterocycles. The molecule has 0 amide bonds. The molecule has 0 fully saturated rings. The number of rotatable bonds is 6. The van der Waals surface area contributed by atoms with E-state index in [0.29, 0.717) is 16.9 Å². The van der Waals surface area contributed by atoms with Gasteiger partial charge in [0, 0.05) is 34.7 Å². The quantitative estimate of drug-likeness (QED) is 0.181. The van der Waals surface area contributed by atoms with Crippen molar-refractivity contribution in [3.05, 3.63) is 81.3 Å². The van der Waals surface area contributed by atoms with E-state index in [9.17, 15) is 56.9 Å². The molecule has 4 unspecified atom stereocenters. The van der Waals surface area contributed by atoms with Crippen LogP contribution in [0, 0.1) is 0 Å².